The Hall–Kier alpha value is -0.653. The highest BCUT2D eigenvalue weighted by Gasteiger charge is 2.07. The summed E-state index contributed by atoms with van der Waals surface area (Å²) in [5.41, 5.74) is 0.957. The lowest BCUT2D eigenvalue weighted by Gasteiger charge is -1.97. The lowest BCUT2D eigenvalue weighted by atomic mass is 10.2. The molecule has 0 bridgehead atoms. The van der Waals surface area contributed by atoms with Crippen molar-refractivity contribution in [1.82, 2.24) is 0 Å². The van der Waals surface area contributed by atoms with Crippen molar-refractivity contribution in [3.05, 3.63) is 29.8 Å². The van der Waals surface area contributed by atoms with Crippen LogP contribution in [0.5, 0.6) is 0 Å². The molecule has 0 amide bonds. The molecule has 0 spiro atoms. The van der Waals surface area contributed by atoms with Crippen molar-refractivity contribution in [2.75, 3.05) is 0 Å². The van der Waals surface area contributed by atoms with Crippen molar-refractivity contribution in [2.24, 2.45) is 0 Å². The van der Waals surface area contributed by atoms with Crippen LogP contribution >= 0.6 is 0 Å². The van der Waals surface area contributed by atoms with Crippen LogP contribution in [0.1, 0.15) is 5.56 Å². The fourth-order valence-corrected chi connectivity index (χ4v) is 1.49. The minimum atomic E-state index is -4.04. The average molecular weight is 199 g/mol. The van der Waals surface area contributed by atoms with E-state index in [1.807, 2.05) is 0 Å². The standard InChI is InChI=1S/C7H7O3SSi/c8-11(9,10)7-3-1-6(5-12)2-4-7/h1-4H,5H2,(H,8,9,10). The fourth-order valence-electron chi connectivity index (χ4n) is 0.779. The number of benzene rings is 1. The van der Waals surface area contributed by atoms with Crippen molar-refractivity contribution in [3.63, 3.8) is 0 Å². The Morgan fingerprint density at radius 3 is 2.08 bits per heavy atom. The first-order chi connectivity index (χ1) is 5.54. The maximum absolute atomic E-state index is 10.6. The fraction of sp³-hybridized carbons (Fsp3) is 0.143. The van der Waals surface area contributed by atoms with Crippen molar-refractivity contribution >= 4 is 20.4 Å². The van der Waals surface area contributed by atoms with Gasteiger partial charge in [0.1, 0.15) is 0 Å². The molecule has 1 N–H and O–H groups in total. The zero-order valence-corrected chi connectivity index (χ0v) is 8.00. The summed E-state index contributed by atoms with van der Waals surface area (Å²) in [4.78, 5) is -0.0774. The van der Waals surface area contributed by atoms with Crippen LogP contribution in [0.3, 0.4) is 0 Å². The van der Waals surface area contributed by atoms with E-state index in [-0.39, 0.29) is 4.90 Å². The molecule has 0 saturated heterocycles. The second kappa shape index (κ2) is 3.38. The molecule has 63 valence electrons. The predicted octanol–water partition coefficient (Wildman–Crippen LogP) is 0.602. The number of hydrogen-bond acceptors (Lipinski definition) is 2. The second-order valence-corrected chi connectivity index (χ2v) is 4.07. The molecule has 1 aromatic rings. The van der Waals surface area contributed by atoms with Crippen molar-refractivity contribution in [1.29, 1.82) is 0 Å². The minimum absolute atomic E-state index is 0.0774. The molecule has 12 heavy (non-hydrogen) atoms. The number of hydrogen-bond donors (Lipinski definition) is 1. The van der Waals surface area contributed by atoms with Gasteiger partial charge >= 0.3 is 0 Å². The maximum Gasteiger partial charge on any atom is 0.294 e. The number of rotatable bonds is 2. The summed E-state index contributed by atoms with van der Waals surface area (Å²) in [6, 6.07) is 6.66. The molecular weight excluding hydrogens is 192 g/mol. The zero-order chi connectivity index (χ0) is 9.19. The van der Waals surface area contributed by atoms with E-state index in [9.17, 15) is 8.42 Å². The third-order valence-corrected chi connectivity index (χ3v) is 2.70. The van der Waals surface area contributed by atoms with Gasteiger partial charge < -0.3 is 0 Å². The predicted molar refractivity (Wildman–Crippen MR) is 45.7 cm³/mol. The molecule has 0 saturated carbocycles. The Morgan fingerprint density at radius 2 is 1.75 bits per heavy atom. The summed E-state index contributed by atoms with van der Waals surface area (Å²) in [6.07, 6.45) is 0. The molecule has 1 rings (SSSR count). The van der Waals surface area contributed by atoms with Gasteiger partial charge in [0.2, 0.25) is 0 Å². The Labute approximate surface area is 74.6 Å². The lowest BCUT2D eigenvalue weighted by molar-refractivity contribution is 0.483. The summed E-state index contributed by atoms with van der Waals surface area (Å²) in [6.45, 7) is 0. The van der Waals surface area contributed by atoms with Crippen LogP contribution in [-0.4, -0.2) is 23.2 Å². The van der Waals surface area contributed by atoms with Gasteiger partial charge in [-0.05, 0) is 18.2 Å². The Morgan fingerprint density at radius 1 is 1.25 bits per heavy atom. The Bertz CT molecular complexity index is 355. The largest absolute Gasteiger partial charge is 0.294 e. The van der Waals surface area contributed by atoms with E-state index in [1.54, 1.807) is 12.1 Å². The van der Waals surface area contributed by atoms with E-state index in [4.69, 9.17) is 4.55 Å². The smallest absolute Gasteiger partial charge is 0.282 e. The molecule has 3 radical (unpaired) electrons. The van der Waals surface area contributed by atoms with Gasteiger partial charge in [0.15, 0.2) is 0 Å². The van der Waals surface area contributed by atoms with Crippen molar-refractivity contribution in [2.45, 2.75) is 10.9 Å². The first-order valence-electron chi connectivity index (χ1n) is 3.25. The van der Waals surface area contributed by atoms with Crippen molar-refractivity contribution < 1.29 is 13.0 Å². The van der Waals surface area contributed by atoms with Crippen LogP contribution in [-0.2, 0) is 16.2 Å². The third-order valence-electron chi connectivity index (χ3n) is 1.43. The van der Waals surface area contributed by atoms with Crippen LogP contribution < -0.4 is 0 Å². The van der Waals surface area contributed by atoms with Gasteiger partial charge in [-0.2, -0.15) is 8.42 Å². The molecule has 0 aromatic heterocycles. The molecular formula is C7H7O3SSi. The SMILES string of the molecule is O=S(=O)(O)c1ccc(C[Si])cc1. The van der Waals surface area contributed by atoms with Gasteiger partial charge in [0.25, 0.3) is 10.1 Å². The van der Waals surface area contributed by atoms with Crippen molar-refractivity contribution in [3.8, 4) is 0 Å². The molecule has 0 aliphatic heterocycles. The van der Waals surface area contributed by atoms with Gasteiger partial charge in [-0.15, -0.1) is 0 Å². The first kappa shape index (κ1) is 9.44. The summed E-state index contributed by atoms with van der Waals surface area (Å²) in [5, 5.41) is 0. The van der Waals surface area contributed by atoms with E-state index in [2.05, 4.69) is 10.2 Å². The highest BCUT2D eigenvalue weighted by atomic mass is 32.2. The van der Waals surface area contributed by atoms with E-state index in [1.165, 1.54) is 12.1 Å². The molecule has 0 aliphatic carbocycles. The topological polar surface area (TPSA) is 54.4 Å². The quantitative estimate of drug-likeness (QED) is 0.560. The molecule has 1 aromatic carbocycles. The normalized spacial score (nSPS) is 11.5. The lowest BCUT2D eigenvalue weighted by Crippen LogP contribution is -1.97. The molecule has 0 heterocycles. The monoisotopic (exact) mass is 199 g/mol. The van der Waals surface area contributed by atoms with Gasteiger partial charge in [-0.25, -0.2) is 0 Å². The maximum atomic E-state index is 10.6. The van der Waals surface area contributed by atoms with Crippen LogP contribution in [0.25, 0.3) is 0 Å². The minimum Gasteiger partial charge on any atom is -0.282 e. The Balaban J connectivity index is 3.09. The average Bonchev–Trinajstić information content (AvgIpc) is 2.03. The van der Waals surface area contributed by atoms with E-state index in [0.29, 0.717) is 6.04 Å². The summed E-state index contributed by atoms with van der Waals surface area (Å²) in [5.74, 6) is 0. The molecule has 0 aliphatic rings. The molecule has 0 atom stereocenters. The molecule has 5 heteroatoms. The van der Waals surface area contributed by atoms with Gasteiger partial charge in [-0.1, -0.05) is 17.7 Å². The second-order valence-electron chi connectivity index (χ2n) is 2.30. The molecule has 0 fully saturated rings. The van der Waals surface area contributed by atoms with E-state index >= 15 is 0 Å². The van der Waals surface area contributed by atoms with E-state index in [0.717, 1.165) is 5.56 Å². The van der Waals surface area contributed by atoms with Gasteiger partial charge in [0, 0.05) is 10.2 Å². The third kappa shape index (κ3) is 2.16. The highest BCUT2D eigenvalue weighted by Crippen LogP contribution is 2.09. The zero-order valence-electron chi connectivity index (χ0n) is 6.19. The van der Waals surface area contributed by atoms with Gasteiger partial charge in [-0.3, -0.25) is 4.55 Å². The van der Waals surface area contributed by atoms with Crippen LogP contribution in [0.2, 0.25) is 0 Å². The molecule has 0 unspecified atom stereocenters. The van der Waals surface area contributed by atoms with Gasteiger partial charge in [0.05, 0.1) is 4.90 Å². The summed E-state index contributed by atoms with van der Waals surface area (Å²) >= 11 is 0. The summed E-state index contributed by atoms with van der Waals surface area (Å²) < 4.78 is 29.8. The van der Waals surface area contributed by atoms with Crippen LogP contribution in [0.15, 0.2) is 29.2 Å². The van der Waals surface area contributed by atoms with Crippen LogP contribution in [0, 0.1) is 0 Å². The molecule has 3 nitrogen and oxygen atoms in total. The van der Waals surface area contributed by atoms with Crippen LogP contribution in [0.4, 0.5) is 0 Å². The summed E-state index contributed by atoms with van der Waals surface area (Å²) in [7, 11) is -0.777. The first-order valence-corrected chi connectivity index (χ1v) is 5.40. The van der Waals surface area contributed by atoms with E-state index < -0.39 is 10.1 Å². The highest BCUT2D eigenvalue weighted by molar-refractivity contribution is 7.85. The Kier molecular flexibility index (Phi) is 2.66.